The van der Waals surface area contributed by atoms with Crippen molar-refractivity contribution in [2.75, 3.05) is 16.0 Å². The van der Waals surface area contributed by atoms with Crippen molar-refractivity contribution in [3.8, 4) is 0 Å². The number of hydrogen-bond acceptors (Lipinski definition) is 9. The fourth-order valence-corrected chi connectivity index (χ4v) is 5.06. The van der Waals surface area contributed by atoms with Crippen molar-refractivity contribution in [2.45, 2.75) is 0 Å². The number of anilines is 3. The number of carboxylic acids is 3. The van der Waals surface area contributed by atoms with Gasteiger partial charge in [-0.25, -0.2) is 14.4 Å². The molecule has 6 aromatic rings. The summed E-state index contributed by atoms with van der Waals surface area (Å²) in [6.45, 7) is 0. The van der Waals surface area contributed by atoms with Crippen LogP contribution in [0.4, 0.5) is 17.5 Å². The lowest BCUT2D eigenvalue weighted by Gasteiger charge is -1.98. The number of hydrogen-bond donors (Lipinski definition) is 9. The molecule has 0 aliphatic heterocycles. The Kier molecular flexibility index (Phi) is 13.9. The first kappa shape index (κ1) is 40.1. The first-order valence-electron chi connectivity index (χ1n) is 14.8. The van der Waals surface area contributed by atoms with Crippen molar-refractivity contribution >= 4 is 129 Å². The van der Waals surface area contributed by atoms with Crippen LogP contribution in [0.1, 0.15) is 0 Å². The summed E-state index contributed by atoms with van der Waals surface area (Å²) in [5, 5.41) is 55.4. The number of aliphatic carboxylic acids is 3. The maximum absolute atomic E-state index is 11.4. The molecule has 0 unspecified atom stereocenters. The molecule has 0 spiro atoms. The zero-order valence-corrected chi connectivity index (χ0v) is 30.9. The first-order chi connectivity index (χ1) is 25.7. The number of nitrogens with one attached hydrogen (secondary N) is 6. The number of amides is 3. The summed E-state index contributed by atoms with van der Waals surface area (Å²) in [7, 11) is 0. The number of H-pyrrole nitrogens is 3. The van der Waals surface area contributed by atoms with Crippen LogP contribution in [0.5, 0.6) is 0 Å². The van der Waals surface area contributed by atoms with Crippen molar-refractivity contribution < 1.29 is 44.1 Å². The zero-order chi connectivity index (χ0) is 39.4. The number of carbonyl (C=O) groups excluding carboxylic acids is 3. The smallest absolute Gasteiger partial charge is 0.328 e. The molecule has 3 aromatic heterocycles. The van der Waals surface area contributed by atoms with E-state index in [4.69, 9.17) is 26.9 Å². The number of fused-ring (bicyclic) bond motifs is 3. The fourth-order valence-electron chi connectivity index (χ4n) is 4.17. The number of aromatic amines is 3. The zero-order valence-electron chi connectivity index (χ0n) is 26.9. The predicted molar refractivity (Wildman–Crippen MR) is 205 cm³/mol. The van der Waals surface area contributed by atoms with Gasteiger partial charge < -0.3 is 31.3 Å². The Bertz CT molecular complexity index is 2370. The van der Waals surface area contributed by atoms with Crippen LogP contribution in [-0.2, 0) is 28.8 Å². The molecule has 0 aliphatic carbocycles. The maximum atomic E-state index is 11.4. The normalized spacial score (nSPS) is 10.9. The minimum absolute atomic E-state index is 0.321. The van der Waals surface area contributed by atoms with Crippen LogP contribution in [0.3, 0.4) is 0 Å². The minimum Gasteiger partial charge on any atom is -0.478 e. The van der Waals surface area contributed by atoms with Crippen molar-refractivity contribution in [2.24, 2.45) is 0 Å². The van der Waals surface area contributed by atoms with E-state index in [9.17, 15) is 28.8 Å². The van der Waals surface area contributed by atoms with Gasteiger partial charge in [0, 0.05) is 66.6 Å². The second-order valence-electron chi connectivity index (χ2n) is 10.3. The van der Waals surface area contributed by atoms with Gasteiger partial charge in [-0.1, -0.05) is 43.5 Å². The number of carboxylic acid groups (broad SMARTS) is 3. The fraction of sp³-hybridized carbons (Fsp3) is 0. The molecule has 3 heterocycles. The molecular weight excluding hydrogens is 862 g/mol. The summed E-state index contributed by atoms with van der Waals surface area (Å²) in [6.07, 6.45) is 5.06. The van der Waals surface area contributed by atoms with Crippen LogP contribution in [0.2, 0.25) is 5.02 Å². The highest BCUT2D eigenvalue weighted by atomic mass is 79.9. The molecule has 3 amide bonds. The largest absolute Gasteiger partial charge is 0.478 e. The van der Waals surface area contributed by atoms with Crippen LogP contribution < -0.4 is 16.0 Å². The number of aromatic nitrogens is 6. The van der Waals surface area contributed by atoms with Gasteiger partial charge in [0.1, 0.15) is 0 Å². The molecule has 0 atom stereocenters. The molecule has 21 heteroatoms. The Morgan fingerprint density at radius 2 is 0.889 bits per heavy atom. The molecule has 0 fully saturated rings. The third kappa shape index (κ3) is 12.0. The highest BCUT2D eigenvalue weighted by Gasteiger charge is 2.10. The van der Waals surface area contributed by atoms with Gasteiger partial charge in [-0.15, -0.1) is 0 Å². The van der Waals surface area contributed by atoms with Crippen molar-refractivity contribution in [1.82, 2.24) is 30.6 Å². The second-order valence-corrected chi connectivity index (χ2v) is 12.5. The standard InChI is InChI=1S/2C11H8BrN3O3.C11H8ClN3O3/c2*12-6-1-2-8-7(5-6)11(15-14-8)13-9(16)3-4-10(17)18;12-6-1-2-7-8(5-6)14-15-11(7)13-9(16)3-4-10(17)18/h3*1-5H,(H,17,18)(H2,13,14,15,16)/b4-3+;4-3-;4-3+. The molecule has 3 aromatic carbocycles. The molecule has 0 radical (unpaired) electrons. The van der Waals surface area contributed by atoms with Gasteiger partial charge in [0.15, 0.2) is 17.5 Å². The summed E-state index contributed by atoms with van der Waals surface area (Å²) < 4.78 is 1.71. The predicted octanol–water partition coefficient (Wildman–Crippen LogP) is 5.61. The molecule has 0 saturated carbocycles. The van der Waals surface area contributed by atoms with E-state index in [1.54, 1.807) is 30.3 Å². The lowest BCUT2D eigenvalue weighted by Crippen LogP contribution is -2.09. The van der Waals surface area contributed by atoms with Crippen LogP contribution in [0.25, 0.3) is 32.7 Å². The molecule has 9 N–H and O–H groups in total. The lowest BCUT2D eigenvalue weighted by molar-refractivity contribution is -0.132. The number of halogens is 3. The van der Waals surface area contributed by atoms with E-state index >= 15 is 0 Å². The van der Waals surface area contributed by atoms with E-state index < -0.39 is 35.6 Å². The van der Waals surface area contributed by atoms with Crippen molar-refractivity contribution in [1.29, 1.82) is 0 Å². The number of rotatable bonds is 9. The van der Waals surface area contributed by atoms with Gasteiger partial charge in [-0.3, -0.25) is 29.7 Å². The summed E-state index contributed by atoms with van der Waals surface area (Å²) in [4.78, 5) is 65.0. The molecule has 54 heavy (non-hydrogen) atoms. The topological polar surface area (TPSA) is 285 Å². The monoisotopic (exact) mass is 883 g/mol. The average molecular weight is 886 g/mol. The van der Waals surface area contributed by atoms with Crippen LogP contribution in [0.15, 0.2) is 100.0 Å². The Morgan fingerprint density at radius 1 is 0.519 bits per heavy atom. The Labute approximate surface area is 323 Å². The molecule has 18 nitrogen and oxygen atoms in total. The number of benzene rings is 3. The van der Waals surface area contributed by atoms with Gasteiger partial charge in [0.2, 0.25) is 17.7 Å². The quantitative estimate of drug-likeness (QED) is 0.0802. The molecule has 0 aliphatic rings. The second kappa shape index (κ2) is 18.7. The molecule has 0 bridgehead atoms. The lowest BCUT2D eigenvalue weighted by atomic mass is 10.2. The highest BCUT2D eigenvalue weighted by Crippen LogP contribution is 2.26. The van der Waals surface area contributed by atoms with Gasteiger partial charge in [-0.2, -0.15) is 15.3 Å². The van der Waals surface area contributed by atoms with E-state index in [0.29, 0.717) is 33.4 Å². The van der Waals surface area contributed by atoms with Crippen molar-refractivity contribution in [3.05, 3.63) is 105 Å². The van der Waals surface area contributed by atoms with Crippen LogP contribution in [-0.4, -0.2) is 81.5 Å². The van der Waals surface area contributed by atoms with Crippen molar-refractivity contribution in [3.63, 3.8) is 0 Å². The Hall–Kier alpha value is -6.64. The molecule has 6 rings (SSSR count). The number of carbonyl (C=O) groups is 6. The molecule has 0 saturated heterocycles. The SMILES string of the molecule is O=C(O)/C=C/C(=O)Nc1n[nH]c2cc(Cl)ccc12.O=C(O)/C=C/C(=O)Nc1n[nH]c2ccc(Br)cc12.O=C(O)/C=C\C(=O)Nc1n[nH]c2ccc(Br)cc12. The highest BCUT2D eigenvalue weighted by molar-refractivity contribution is 9.10. The minimum atomic E-state index is -1.19. The van der Waals surface area contributed by atoms with Gasteiger partial charge in [0.05, 0.1) is 16.6 Å². The van der Waals surface area contributed by atoms with Gasteiger partial charge in [0.25, 0.3) is 0 Å². The van der Waals surface area contributed by atoms with Crippen LogP contribution in [0, 0.1) is 0 Å². The van der Waals surface area contributed by atoms with E-state index in [1.807, 2.05) is 24.3 Å². The summed E-state index contributed by atoms with van der Waals surface area (Å²) in [6, 6.07) is 16.0. The summed E-state index contributed by atoms with van der Waals surface area (Å²) in [5.74, 6) is -4.19. The van der Waals surface area contributed by atoms with Crippen LogP contribution >= 0.6 is 43.5 Å². The Balaban J connectivity index is 0.000000180. The molecular formula is C33H24Br2ClN9O9. The summed E-state index contributed by atoms with van der Waals surface area (Å²) >= 11 is 12.4. The van der Waals surface area contributed by atoms with Gasteiger partial charge in [-0.05, 0) is 54.6 Å². The van der Waals surface area contributed by atoms with E-state index in [0.717, 1.165) is 67.2 Å². The van der Waals surface area contributed by atoms with E-state index in [-0.39, 0.29) is 0 Å². The molecule has 276 valence electrons. The summed E-state index contributed by atoms with van der Waals surface area (Å²) in [5.41, 5.74) is 2.23. The first-order valence-corrected chi connectivity index (χ1v) is 16.7. The van der Waals surface area contributed by atoms with E-state index in [2.05, 4.69) is 78.4 Å². The third-order valence-electron chi connectivity index (χ3n) is 6.43. The maximum Gasteiger partial charge on any atom is 0.328 e. The van der Waals surface area contributed by atoms with E-state index in [1.165, 1.54) is 0 Å². The van der Waals surface area contributed by atoms with Gasteiger partial charge >= 0.3 is 17.9 Å². The third-order valence-corrected chi connectivity index (χ3v) is 7.65. The average Bonchev–Trinajstić information content (AvgIpc) is 3.82. The Morgan fingerprint density at radius 3 is 1.28 bits per heavy atom. The number of nitrogens with zero attached hydrogens (tertiary/aromatic N) is 3.